The quantitative estimate of drug-likeness (QED) is 0.532. The van der Waals surface area contributed by atoms with Crippen LogP contribution in [0.2, 0.25) is 0 Å². The Morgan fingerprint density at radius 2 is 1.94 bits per heavy atom. The Hall–Kier alpha value is -3.68. The van der Waals surface area contributed by atoms with E-state index in [2.05, 4.69) is 15.2 Å². The number of piperidine rings is 1. The topological polar surface area (TPSA) is 86.8 Å². The Morgan fingerprint density at radius 1 is 1.13 bits per heavy atom. The molecule has 1 saturated heterocycles. The number of aromatic amines is 2. The van der Waals surface area contributed by atoms with Gasteiger partial charge in [-0.15, -0.1) is 0 Å². The van der Waals surface area contributed by atoms with Crippen molar-refractivity contribution in [2.24, 2.45) is 5.92 Å². The molecule has 4 aromatic rings. The zero-order chi connectivity index (χ0) is 21.4. The molecule has 3 heterocycles. The third-order valence-corrected chi connectivity index (χ3v) is 6.01. The summed E-state index contributed by atoms with van der Waals surface area (Å²) >= 11 is 0. The van der Waals surface area contributed by atoms with Gasteiger partial charge in [-0.3, -0.25) is 4.79 Å². The number of aromatic nitrogens is 4. The Morgan fingerprint density at radius 3 is 2.74 bits per heavy atom. The van der Waals surface area contributed by atoms with E-state index in [0.29, 0.717) is 30.9 Å². The molecule has 5 rings (SSSR count). The molecule has 0 spiro atoms. The number of H-pyrrole nitrogens is 2. The van der Waals surface area contributed by atoms with Gasteiger partial charge in [0.05, 0.1) is 5.69 Å². The summed E-state index contributed by atoms with van der Waals surface area (Å²) in [6, 6.07) is 13.8. The van der Waals surface area contributed by atoms with E-state index < -0.39 is 11.5 Å². The fraction of sp³-hybridized carbons (Fsp3) is 0.261. The number of carbonyl (C=O) groups is 1. The second-order valence-electron chi connectivity index (χ2n) is 7.95. The molecule has 2 aromatic carbocycles. The summed E-state index contributed by atoms with van der Waals surface area (Å²) in [7, 11) is 0. The number of hydrogen-bond donors (Lipinski definition) is 2. The predicted octanol–water partition coefficient (Wildman–Crippen LogP) is 3.28. The summed E-state index contributed by atoms with van der Waals surface area (Å²) in [6.45, 7) is 1.28. The van der Waals surface area contributed by atoms with E-state index in [-0.39, 0.29) is 17.5 Å². The monoisotopic (exact) mass is 419 g/mol. The molecule has 0 atom stereocenters. The number of carbonyl (C=O) groups excluding carboxylic acids is 1. The largest absolute Gasteiger partial charge is 0.361 e. The van der Waals surface area contributed by atoms with Gasteiger partial charge in [-0.05, 0) is 55.2 Å². The highest BCUT2D eigenvalue weighted by atomic mass is 19.1. The van der Waals surface area contributed by atoms with E-state index in [4.69, 9.17) is 0 Å². The number of benzene rings is 2. The highest BCUT2D eigenvalue weighted by Crippen LogP contribution is 2.24. The molecule has 8 heteroatoms. The number of nitrogens with zero attached hydrogens (tertiary/aromatic N) is 3. The van der Waals surface area contributed by atoms with Crippen molar-refractivity contribution in [2.75, 3.05) is 13.1 Å². The third kappa shape index (κ3) is 3.65. The molecule has 1 aliphatic rings. The van der Waals surface area contributed by atoms with Gasteiger partial charge in [0.1, 0.15) is 11.6 Å². The fourth-order valence-electron chi connectivity index (χ4n) is 4.32. The highest BCUT2D eigenvalue weighted by Gasteiger charge is 2.26. The normalized spacial score (nSPS) is 14.9. The Labute approximate surface area is 177 Å². The van der Waals surface area contributed by atoms with E-state index in [1.165, 1.54) is 10.6 Å². The third-order valence-electron chi connectivity index (χ3n) is 6.01. The lowest BCUT2D eigenvalue weighted by Crippen LogP contribution is -2.39. The predicted molar refractivity (Wildman–Crippen MR) is 115 cm³/mol. The number of amides is 1. The smallest absolute Gasteiger partial charge is 0.348 e. The second-order valence-corrected chi connectivity index (χ2v) is 7.95. The minimum Gasteiger partial charge on any atom is -0.361 e. The summed E-state index contributed by atoms with van der Waals surface area (Å²) in [5, 5.41) is 7.58. The lowest BCUT2D eigenvalue weighted by Gasteiger charge is -2.32. The van der Waals surface area contributed by atoms with Crippen LogP contribution in [0.3, 0.4) is 0 Å². The molecule has 1 fully saturated rings. The number of para-hydroxylation sites is 1. The lowest BCUT2D eigenvalue weighted by molar-refractivity contribution is 0.0690. The van der Waals surface area contributed by atoms with Crippen LogP contribution in [0.5, 0.6) is 0 Å². The minimum absolute atomic E-state index is 0.0320. The van der Waals surface area contributed by atoms with Crippen LogP contribution in [0, 0.1) is 11.7 Å². The molecular formula is C23H22FN5O2. The molecule has 31 heavy (non-hydrogen) atoms. The zero-order valence-corrected chi connectivity index (χ0v) is 16.8. The van der Waals surface area contributed by atoms with Crippen LogP contribution in [-0.2, 0) is 6.42 Å². The Balaban J connectivity index is 1.27. The van der Waals surface area contributed by atoms with Gasteiger partial charge >= 0.3 is 5.69 Å². The molecule has 7 nitrogen and oxygen atoms in total. The van der Waals surface area contributed by atoms with Crippen LogP contribution < -0.4 is 5.69 Å². The lowest BCUT2D eigenvalue weighted by atomic mass is 9.92. The van der Waals surface area contributed by atoms with Gasteiger partial charge in [-0.1, -0.05) is 12.1 Å². The maximum atomic E-state index is 14.2. The summed E-state index contributed by atoms with van der Waals surface area (Å²) in [5.41, 5.74) is 1.44. The van der Waals surface area contributed by atoms with Crippen LogP contribution in [0.15, 0.2) is 59.5 Å². The summed E-state index contributed by atoms with van der Waals surface area (Å²) in [5.74, 6) is 0.339. The molecule has 0 aliphatic carbocycles. The van der Waals surface area contributed by atoms with Gasteiger partial charge in [0.15, 0.2) is 0 Å². The molecule has 158 valence electrons. The van der Waals surface area contributed by atoms with Crippen molar-refractivity contribution in [3.63, 3.8) is 0 Å². The van der Waals surface area contributed by atoms with E-state index in [9.17, 15) is 14.0 Å². The van der Waals surface area contributed by atoms with E-state index in [1.54, 1.807) is 18.2 Å². The van der Waals surface area contributed by atoms with Crippen molar-refractivity contribution in [3.05, 3.63) is 82.4 Å². The van der Waals surface area contributed by atoms with Gasteiger partial charge in [0.2, 0.25) is 0 Å². The molecule has 2 N–H and O–H groups in total. The second kappa shape index (κ2) is 7.86. The molecule has 0 bridgehead atoms. The first-order valence-corrected chi connectivity index (χ1v) is 10.4. The standard InChI is InChI=1S/C23H22FN5O2/c24-18-3-1-2-4-20(18)29-21(26-27-23(29)31)13-15-8-11-28(12-9-15)22(30)17-5-6-19-16(14-17)7-10-25-19/h1-7,10,14-15,25H,8-9,11-13H2,(H,27,31). The molecule has 2 aromatic heterocycles. The average Bonchev–Trinajstić information content (AvgIpc) is 3.40. The number of rotatable bonds is 4. The van der Waals surface area contributed by atoms with Gasteiger partial charge in [0, 0.05) is 42.2 Å². The van der Waals surface area contributed by atoms with Crippen LogP contribution in [0.4, 0.5) is 4.39 Å². The van der Waals surface area contributed by atoms with Crippen molar-refractivity contribution >= 4 is 16.8 Å². The first kappa shape index (κ1) is 19.3. The molecule has 0 saturated carbocycles. The van der Waals surface area contributed by atoms with Crippen molar-refractivity contribution in [1.82, 2.24) is 24.6 Å². The first-order chi connectivity index (χ1) is 15.1. The number of nitrogens with one attached hydrogen (secondary N) is 2. The van der Waals surface area contributed by atoms with Crippen LogP contribution in [0.1, 0.15) is 29.0 Å². The summed E-state index contributed by atoms with van der Waals surface area (Å²) < 4.78 is 15.5. The van der Waals surface area contributed by atoms with E-state index in [1.807, 2.05) is 35.4 Å². The van der Waals surface area contributed by atoms with Crippen molar-refractivity contribution < 1.29 is 9.18 Å². The van der Waals surface area contributed by atoms with Crippen molar-refractivity contribution in [3.8, 4) is 5.69 Å². The van der Waals surface area contributed by atoms with Crippen LogP contribution >= 0.6 is 0 Å². The molecular weight excluding hydrogens is 397 g/mol. The SMILES string of the molecule is O=C(c1ccc2[nH]ccc2c1)N1CCC(Cc2n[nH]c(=O)n2-c2ccccc2F)CC1. The molecule has 0 unspecified atom stereocenters. The number of hydrogen-bond acceptors (Lipinski definition) is 3. The van der Waals surface area contributed by atoms with Gasteiger partial charge in [-0.25, -0.2) is 18.9 Å². The summed E-state index contributed by atoms with van der Waals surface area (Å²) in [4.78, 5) is 30.2. The Kier molecular flexibility index (Phi) is 4.89. The number of halogens is 1. The molecule has 1 aliphatic heterocycles. The van der Waals surface area contributed by atoms with Crippen LogP contribution in [-0.4, -0.2) is 43.6 Å². The molecule has 1 amide bonds. The Bertz CT molecular complexity index is 1300. The maximum Gasteiger partial charge on any atom is 0.348 e. The van der Waals surface area contributed by atoms with Gasteiger partial charge < -0.3 is 9.88 Å². The van der Waals surface area contributed by atoms with E-state index in [0.717, 1.165) is 23.7 Å². The van der Waals surface area contributed by atoms with Crippen LogP contribution in [0.25, 0.3) is 16.6 Å². The van der Waals surface area contributed by atoms with Gasteiger partial charge in [-0.2, -0.15) is 5.10 Å². The fourth-order valence-corrected chi connectivity index (χ4v) is 4.32. The zero-order valence-electron chi connectivity index (χ0n) is 16.8. The summed E-state index contributed by atoms with van der Waals surface area (Å²) in [6.07, 6.45) is 4.01. The minimum atomic E-state index is -0.466. The number of likely N-dealkylation sites (tertiary alicyclic amines) is 1. The van der Waals surface area contributed by atoms with Crippen molar-refractivity contribution in [2.45, 2.75) is 19.3 Å². The first-order valence-electron chi connectivity index (χ1n) is 10.4. The van der Waals surface area contributed by atoms with E-state index >= 15 is 0 Å². The van der Waals surface area contributed by atoms with Crippen molar-refractivity contribution in [1.29, 1.82) is 0 Å². The highest BCUT2D eigenvalue weighted by molar-refractivity contribution is 5.98. The average molecular weight is 419 g/mol. The number of fused-ring (bicyclic) bond motifs is 1. The maximum absolute atomic E-state index is 14.2. The van der Waals surface area contributed by atoms with Gasteiger partial charge in [0.25, 0.3) is 5.91 Å². The molecule has 0 radical (unpaired) electrons.